The Morgan fingerprint density at radius 1 is 1.26 bits per heavy atom. The Hall–Kier alpha value is -2.27. The van der Waals surface area contributed by atoms with E-state index in [0.717, 1.165) is 22.6 Å². The number of aromatic nitrogens is 2. The van der Waals surface area contributed by atoms with Crippen molar-refractivity contribution >= 4 is 23.4 Å². The molecule has 0 aliphatic heterocycles. The SMILES string of the molecule is CCC(C(=O)O)c1c(-c2ccc(SC)cc2)nc2ccccn12. The molecule has 3 aromatic rings. The van der Waals surface area contributed by atoms with Gasteiger partial charge in [0.2, 0.25) is 0 Å². The molecule has 0 saturated heterocycles. The Bertz CT molecular complexity index is 840. The van der Waals surface area contributed by atoms with E-state index < -0.39 is 11.9 Å². The van der Waals surface area contributed by atoms with Gasteiger partial charge in [0.1, 0.15) is 5.65 Å². The van der Waals surface area contributed by atoms with E-state index >= 15 is 0 Å². The lowest BCUT2D eigenvalue weighted by Crippen LogP contribution is -2.13. The lowest BCUT2D eigenvalue weighted by Gasteiger charge is -2.12. The van der Waals surface area contributed by atoms with E-state index in [1.807, 2.05) is 66.2 Å². The predicted octanol–water partition coefficient (Wildman–Crippen LogP) is 4.30. The van der Waals surface area contributed by atoms with Gasteiger partial charge in [0.05, 0.1) is 17.3 Å². The second-order valence-corrected chi connectivity index (χ2v) is 6.18. The Kier molecular flexibility index (Phi) is 4.39. The van der Waals surface area contributed by atoms with Crippen molar-refractivity contribution in [2.24, 2.45) is 0 Å². The van der Waals surface area contributed by atoms with Crippen LogP contribution < -0.4 is 0 Å². The quantitative estimate of drug-likeness (QED) is 0.710. The number of carboxylic acids is 1. The first kappa shape index (κ1) is 15.6. The van der Waals surface area contributed by atoms with Crippen molar-refractivity contribution in [3.05, 3.63) is 54.4 Å². The zero-order valence-corrected chi connectivity index (χ0v) is 13.9. The van der Waals surface area contributed by atoms with E-state index in [1.54, 1.807) is 11.8 Å². The number of hydrogen-bond donors (Lipinski definition) is 1. The summed E-state index contributed by atoms with van der Waals surface area (Å²) in [5, 5.41) is 9.61. The molecule has 0 fully saturated rings. The van der Waals surface area contributed by atoms with Crippen molar-refractivity contribution < 1.29 is 9.90 Å². The van der Waals surface area contributed by atoms with Gasteiger partial charge >= 0.3 is 5.97 Å². The molecule has 118 valence electrons. The molecule has 0 radical (unpaired) electrons. The van der Waals surface area contributed by atoms with Gasteiger partial charge in [-0.05, 0) is 36.9 Å². The molecule has 0 spiro atoms. The van der Waals surface area contributed by atoms with E-state index in [0.29, 0.717) is 6.42 Å². The van der Waals surface area contributed by atoms with Crippen LogP contribution >= 0.6 is 11.8 Å². The largest absolute Gasteiger partial charge is 0.481 e. The normalized spacial score (nSPS) is 12.4. The standard InChI is InChI=1S/C18H18N2O2S/c1-3-14(18(21)22)17-16(12-7-9-13(23-2)10-8-12)19-15-6-4-5-11-20(15)17/h4-11,14H,3H2,1-2H3,(H,21,22). The summed E-state index contributed by atoms with van der Waals surface area (Å²) in [6, 6.07) is 13.8. The van der Waals surface area contributed by atoms with Crippen LogP contribution in [0.5, 0.6) is 0 Å². The van der Waals surface area contributed by atoms with Gasteiger partial charge in [-0.15, -0.1) is 11.8 Å². The number of nitrogens with zero attached hydrogens (tertiary/aromatic N) is 2. The summed E-state index contributed by atoms with van der Waals surface area (Å²) in [7, 11) is 0. The van der Waals surface area contributed by atoms with Crippen LogP contribution in [0.1, 0.15) is 25.0 Å². The fourth-order valence-electron chi connectivity index (χ4n) is 2.79. The second kappa shape index (κ2) is 6.46. The number of hydrogen-bond acceptors (Lipinski definition) is 3. The van der Waals surface area contributed by atoms with Crippen LogP contribution in [-0.2, 0) is 4.79 Å². The molecule has 4 nitrogen and oxygen atoms in total. The van der Waals surface area contributed by atoms with Crippen LogP contribution in [0, 0.1) is 0 Å². The van der Waals surface area contributed by atoms with E-state index in [9.17, 15) is 9.90 Å². The molecule has 23 heavy (non-hydrogen) atoms. The van der Waals surface area contributed by atoms with Gasteiger partial charge in [-0.25, -0.2) is 4.98 Å². The van der Waals surface area contributed by atoms with Crippen molar-refractivity contribution in [1.29, 1.82) is 0 Å². The molecule has 2 aromatic heterocycles. The molecule has 0 saturated carbocycles. The molecule has 1 atom stereocenters. The van der Waals surface area contributed by atoms with Crippen molar-refractivity contribution in [1.82, 2.24) is 9.38 Å². The zero-order chi connectivity index (χ0) is 16.4. The number of carboxylic acid groups (broad SMARTS) is 1. The fraction of sp³-hybridized carbons (Fsp3) is 0.222. The van der Waals surface area contributed by atoms with Crippen molar-refractivity contribution in [3.8, 4) is 11.3 Å². The van der Waals surface area contributed by atoms with Gasteiger partial charge in [0.25, 0.3) is 0 Å². The lowest BCUT2D eigenvalue weighted by molar-refractivity contribution is -0.138. The number of thioether (sulfide) groups is 1. The smallest absolute Gasteiger partial charge is 0.312 e. The van der Waals surface area contributed by atoms with E-state index in [-0.39, 0.29) is 0 Å². The Morgan fingerprint density at radius 3 is 2.61 bits per heavy atom. The van der Waals surface area contributed by atoms with Crippen LogP contribution in [0.3, 0.4) is 0 Å². The van der Waals surface area contributed by atoms with Gasteiger partial charge in [-0.1, -0.05) is 25.1 Å². The van der Waals surface area contributed by atoms with E-state index in [4.69, 9.17) is 0 Å². The summed E-state index contributed by atoms with van der Waals surface area (Å²) in [5.41, 5.74) is 3.21. The van der Waals surface area contributed by atoms with Gasteiger partial charge in [0.15, 0.2) is 0 Å². The molecule has 1 N–H and O–H groups in total. The topological polar surface area (TPSA) is 54.6 Å². The maximum absolute atomic E-state index is 11.7. The fourth-order valence-corrected chi connectivity index (χ4v) is 3.20. The van der Waals surface area contributed by atoms with Crippen LogP contribution in [0.25, 0.3) is 16.9 Å². The summed E-state index contributed by atoms with van der Waals surface area (Å²) >= 11 is 1.68. The number of pyridine rings is 1. The number of benzene rings is 1. The third-order valence-corrected chi connectivity index (χ3v) is 4.71. The molecule has 1 unspecified atom stereocenters. The maximum Gasteiger partial charge on any atom is 0.312 e. The maximum atomic E-state index is 11.7. The Balaban J connectivity index is 2.24. The first-order chi connectivity index (χ1) is 11.2. The minimum Gasteiger partial charge on any atom is -0.481 e. The summed E-state index contributed by atoms with van der Waals surface area (Å²) in [4.78, 5) is 17.6. The van der Waals surface area contributed by atoms with Gasteiger partial charge in [0, 0.05) is 16.7 Å². The average Bonchev–Trinajstić information content (AvgIpc) is 2.95. The van der Waals surface area contributed by atoms with E-state index in [1.165, 1.54) is 4.90 Å². The highest BCUT2D eigenvalue weighted by molar-refractivity contribution is 7.98. The van der Waals surface area contributed by atoms with Crippen LogP contribution in [0.4, 0.5) is 0 Å². The van der Waals surface area contributed by atoms with Crippen LogP contribution in [0.15, 0.2) is 53.6 Å². The summed E-state index contributed by atoms with van der Waals surface area (Å²) in [6.45, 7) is 1.89. The molecule has 0 aliphatic carbocycles. The highest BCUT2D eigenvalue weighted by Gasteiger charge is 2.26. The van der Waals surface area contributed by atoms with Gasteiger partial charge < -0.3 is 9.51 Å². The van der Waals surface area contributed by atoms with Crippen molar-refractivity contribution in [2.75, 3.05) is 6.26 Å². The van der Waals surface area contributed by atoms with Crippen LogP contribution in [0.2, 0.25) is 0 Å². The third kappa shape index (κ3) is 2.84. The molecule has 5 heteroatoms. The van der Waals surface area contributed by atoms with E-state index in [2.05, 4.69) is 4.98 Å². The molecule has 2 heterocycles. The monoisotopic (exact) mass is 326 g/mol. The van der Waals surface area contributed by atoms with Crippen molar-refractivity contribution in [2.45, 2.75) is 24.2 Å². The van der Waals surface area contributed by atoms with Gasteiger partial charge in [-0.3, -0.25) is 4.79 Å². The summed E-state index contributed by atoms with van der Waals surface area (Å²) in [5.74, 6) is -1.40. The molecule has 1 aromatic carbocycles. The third-order valence-electron chi connectivity index (χ3n) is 3.97. The highest BCUT2D eigenvalue weighted by Crippen LogP contribution is 2.32. The number of carbonyl (C=O) groups is 1. The first-order valence-electron chi connectivity index (χ1n) is 7.50. The Labute approximate surface area is 139 Å². The van der Waals surface area contributed by atoms with Crippen LogP contribution in [-0.4, -0.2) is 26.7 Å². The van der Waals surface area contributed by atoms with Crippen molar-refractivity contribution in [3.63, 3.8) is 0 Å². The molecule has 3 rings (SSSR count). The Morgan fingerprint density at radius 2 is 2.00 bits per heavy atom. The lowest BCUT2D eigenvalue weighted by atomic mass is 9.97. The number of rotatable bonds is 5. The minimum atomic E-state index is -0.819. The second-order valence-electron chi connectivity index (χ2n) is 5.30. The summed E-state index contributed by atoms with van der Waals surface area (Å²) < 4.78 is 1.89. The summed E-state index contributed by atoms with van der Waals surface area (Å²) in [6.07, 6.45) is 4.43. The number of imidazole rings is 1. The molecule has 0 amide bonds. The molecule has 0 aliphatic rings. The highest BCUT2D eigenvalue weighted by atomic mass is 32.2. The predicted molar refractivity (Wildman–Crippen MR) is 93.1 cm³/mol. The minimum absolute atomic E-state index is 0.522. The zero-order valence-electron chi connectivity index (χ0n) is 13.1. The van der Waals surface area contributed by atoms with Gasteiger partial charge in [-0.2, -0.15) is 0 Å². The molecular weight excluding hydrogens is 308 g/mol. The first-order valence-corrected chi connectivity index (χ1v) is 8.72. The average molecular weight is 326 g/mol. The number of fused-ring (bicyclic) bond motifs is 1. The molecule has 0 bridgehead atoms. The number of aliphatic carboxylic acids is 1. The molecular formula is C18H18N2O2S.